The molecule has 0 aliphatic carbocycles. The summed E-state index contributed by atoms with van der Waals surface area (Å²) in [6.45, 7) is 1.12. The van der Waals surface area contributed by atoms with E-state index in [0.717, 1.165) is 0 Å². The lowest BCUT2D eigenvalue weighted by Gasteiger charge is -2.05. The average Bonchev–Trinajstić information content (AvgIpc) is 2.12. The average molecular weight is 258 g/mol. The molecular formula is C7H14O8S. The Hall–Kier alpha value is -1.00. The molecule has 0 amide bonds. The van der Waals surface area contributed by atoms with E-state index in [0.29, 0.717) is 0 Å². The summed E-state index contributed by atoms with van der Waals surface area (Å²) in [7, 11) is -4.67. The van der Waals surface area contributed by atoms with Gasteiger partial charge in [-0.05, 0) is 6.92 Å². The van der Waals surface area contributed by atoms with Gasteiger partial charge in [-0.25, -0.2) is 4.79 Å². The zero-order chi connectivity index (χ0) is 13.2. The molecule has 0 spiro atoms. The Balaban J connectivity index is 0. The SMILES string of the molecule is CC=CC(=O)OCC(O)CO.O=S(=O)(O)O. The molecule has 96 valence electrons. The lowest BCUT2D eigenvalue weighted by molar-refractivity contribution is -0.141. The summed E-state index contributed by atoms with van der Waals surface area (Å²) in [5, 5.41) is 17.0. The van der Waals surface area contributed by atoms with Crippen molar-refractivity contribution in [2.24, 2.45) is 0 Å². The molecule has 0 aliphatic rings. The Morgan fingerprint density at radius 3 is 2.19 bits per heavy atom. The summed E-state index contributed by atoms with van der Waals surface area (Å²) in [6.07, 6.45) is 1.79. The summed E-state index contributed by atoms with van der Waals surface area (Å²) < 4.78 is 36.1. The van der Waals surface area contributed by atoms with E-state index >= 15 is 0 Å². The standard InChI is InChI=1S/C7H12O4.H2O4S/c1-2-3-7(10)11-5-6(9)4-8;1-5(2,3)4/h2-3,6,8-9H,4-5H2,1H3;(H2,1,2,3,4). The molecule has 0 saturated heterocycles. The highest BCUT2D eigenvalue weighted by molar-refractivity contribution is 7.79. The number of allylic oxidation sites excluding steroid dienone is 1. The smallest absolute Gasteiger partial charge is 0.394 e. The molecule has 0 fully saturated rings. The molecule has 0 saturated carbocycles. The van der Waals surface area contributed by atoms with Gasteiger partial charge < -0.3 is 14.9 Å². The first-order valence-electron chi connectivity index (χ1n) is 3.99. The minimum Gasteiger partial charge on any atom is -0.460 e. The van der Waals surface area contributed by atoms with E-state index in [1.165, 1.54) is 12.2 Å². The highest BCUT2D eigenvalue weighted by Gasteiger charge is 2.03. The van der Waals surface area contributed by atoms with Gasteiger partial charge in [0.05, 0.1) is 6.61 Å². The largest absolute Gasteiger partial charge is 0.460 e. The van der Waals surface area contributed by atoms with E-state index in [1.54, 1.807) is 6.92 Å². The molecule has 0 aromatic heterocycles. The van der Waals surface area contributed by atoms with Gasteiger partial charge in [0.25, 0.3) is 0 Å². The van der Waals surface area contributed by atoms with Crippen LogP contribution in [-0.2, 0) is 19.9 Å². The number of hydrogen-bond acceptors (Lipinski definition) is 6. The zero-order valence-corrected chi connectivity index (χ0v) is 9.29. The van der Waals surface area contributed by atoms with Gasteiger partial charge in [0.2, 0.25) is 0 Å². The number of carbonyl (C=O) groups is 1. The number of esters is 1. The Kier molecular flexibility index (Phi) is 10.0. The third-order valence-corrected chi connectivity index (χ3v) is 0.931. The molecule has 0 heterocycles. The molecule has 0 aromatic carbocycles. The fourth-order valence-electron chi connectivity index (χ4n) is 0.415. The summed E-state index contributed by atoms with van der Waals surface area (Å²) in [6, 6.07) is 0. The van der Waals surface area contributed by atoms with Crippen molar-refractivity contribution < 1.29 is 37.3 Å². The van der Waals surface area contributed by atoms with E-state index < -0.39 is 29.1 Å². The second-order valence-corrected chi connectivity index (χ2v) is 3.31. The molecule has 0 rings (SSSR count). The fourth-order valence-corrected chi connectivity index (χ4v) is 0.415. The second kappa shape index (κ2) is 9.24. The molecule has 0 bridgehead atoms. The summed E-state index contributed by atoms with van der Waals surface area (Å²) >= 11 is 0. The lowest BCUT2D eigenvalue weighted by Crippen LogP contribution is -2.21. The summed E-state index contributed by atoms with van der Waals surface area (Å²) in [5.74, 6) is -0.514. The van der Waals surface area contributed by atoms with E-state index in [9.17, 15) is 4.79 Å². The number of hydrogen-bond donors (Lipinski definition) is 4. The maximum Gasteiger partial charge on any atom is 0.394 e. The van der Waals surface area contributed by atoms with Crippen LogP contribution in [-0.4, -0.2) is 53.0 Å². The predicted octanol–water partition coefficient (Wildman–Crippen LogP) is -1.19. The van der Waals surface area contributed by atoms with Crippen LogP contribution in [0.3, 0.4) is 0 Å². The second-order valence-electron chi connectivity index (χ2n) is 2.41. The van der Waals surface area contributed by atoms with Crippen molar-refractivity contribution in [1.29, 1.82) is 0 Å². The normalized spacial score (nSPS) is 12.8. The van der Waals surface area contributed by atoms with Crippen molar-refractivity contribution in [2.75, 3.05) is 13.2 Å². The van der Waals surface area contributed by atoms with Crippen molar-refractivity contribution in [3.8, 4) is 0 Å². The number of aliphatic hydroxyl groups is 2. The molecule has 8 nitrogen and oxygen atoms in total. The first-order chi connectivity index (χ1) is 7.20. The van der Waals surface area contributed by atoms with Gasteiger partial charge in [-0.15, -0.1) is 0 Å². The van der Waals surface area contributed by atoms with Crippen LogP contribution in [0.5, 0.6) is 0 Å². The lowest BCUT2D eigenvalue weighted by atomic mass is 10.4. The zero-order valence-electron chi connectivity index (χ0n) is 8.48. The summed E-state index contributed by atoms with van der Waals surface area (Å²) in [5.41, 5.74) is 0. The van der Waals surface area contributed by atoms with Gasteiger partial charge in [0, 0.05) is 6.08 Å². The van der Waals surface area contributed by atoms with Gasteiger partial charge in [0.1, 0.15) is 12.7 Å². The number of carbonyl (C=O) groups excluding carboxylic acids is 1. The van der Waals surface area contributed by atoms with Crippen molar-refractivity contribution in [2.45, 2.75) is 13.0 Å². The monoisotopic (exact) mass is 258 g/mol. The van der Waals surface area contributed by atoms with E-state index in [-0.39, 0.29) is 6.61 Å². The predicted molar refractivity (Wildman–Crippen MR) is 53.0 cm³/mol. The molecule has 9 heteroatoms. The highest BCUT2D eigenvalue weighted by Crippen LogP contribution is 1.86. The quantitative estimate of drug-likeness (QED) is 0.280. The molecule has 0 radical (unpaired) electrons. The van der Waals surface area contributed by atoms with Crippen LogP contribution in [0.15, 0.2) is 12.2 Å². The first-order valence-corrected chi connectivity index (χ1v) is 5.38. The van der Waals surface area contributed by atoms with Crippen LogP contribution >= 0.6 is 0 Å². The van der Waals surface area contributed by atoms with Gasteiger partial charge in [-0.1, -0.05) is 6.08 Å². The Morgan fingerprint density at radius 2 is 1.88 bits per heavy atom. The number of rotatable bonds is 4. The molecule has 1 atom stereocenters. The maximum atomic E-state index is 10.6. The van der Waals surface area contributed by atoms with Gasteiger partial charge in [-0.3, -0.25) is 9.11 Å². The van der Waals surface area contributed by atoms with Crippen molar-refractivity contribution in [1.82, 2.24) is 0 Å². The van der Waals surface area contributed by atoms with Crippen LogP contribution in [0, 0.1) is 0 Å². The highest BCUT2D eigenvalue weighted by atomic mass is 32.3. The fraction of sp³-hybridized carbons (Fsp3) is 0.571. The van der Waals surface area contributed by atoms with Crippen LogP contribution in [0.1, 0.15) is 6.92 Å². The van der Waals surface area contributed by atoms with Gasteiger partial charge >= 0.3 is 16.4 Å². The molecule has 1 unspecified atom stereocenters. The Labute approximate surface area is 92.7 Å². The van der Waals surface area contributed by atoms with Crippen molar-refractivity contribution in [3.63, 3.8) is 0 Å². The minimum absolute atomic E-state index is 0.167. The van der Waals surface area contributed by atoms with Crippen molar-refractivity contribution >= 4 is 16.4 Å². The Morgan fingerprint density at radius 1 is 1.44 bits per heavy atom. The molecule has 16 heavy (non-hydrogen) atoms. The number of ether oxygens (including phenoxy) is 1. The van der Waals surface area contributed by atoms with E-state index in [2.05, 4.69) is 4.74 Å². The third-order valence-electron chi connectivity index (χ3n) is 0.931. The van der Waals surface area contributed by atoms with Crippen LogP contribution in [0.4, 0.5) is 0 Å². The van der Waals surface area contributed by atoms with Crippen LogP contribution in [0.2, 0.25) is 0 Å². The third kappa shape index (κ3) is 23.1. The Bertz CT molecular complexity index is 298. The van der Waals surface area contributed by atoms with Crippen molar-refractivity contribution in [3.05, 3.63) is 12.2 Å². The van der Waals surface area contributed by atoms with Gasteiger partial charge in [0.15, 0.2) is 0 Å². The van der Waals surface area contributed by atoms with Crippen LogP contribution < -0.4 is 0 Å². The molecule has 0 aliphatic heterocycles. The maximum absolute atomic E-state index is 10.6. The van der Waals surface area contributed by atoms with Gasteiger partial charge in [-0.2, -0.15) is 8.42 Å². The summed E-state index contributed by atoms with van der Waals surface area (Å²) in [4.78, 5) is 10.6. The van der Waals surface area contributed by atoms with Crippen LogP contribution in [0.25, 0.3) is 0 Å². The first kappa shape index (κ1) is 17.4. The topological polar surface area (TPSA) is 141 Å². The molecular weight excluding hydrogens is 244 g/mol. The van der Waals surface area contributed by atoms with E-state index in [4.69, 9.17) is 27.7 Å². The van der Waals surface area contributed by atoms with E-state index in [1.807, 2.05) is 0 Å². The number of aliphatic hydroxyl groups excluding tert-OH is 2. The molecule has 4 N–H and O–H groups in total. The molecule has 0 aromatic rings. The minimum atomic E-state index is -4.67.